The molecule has 0 fully saturated rings. The van der Waals surface area contributed by atoms with E-state index < -0.39 is 23.8 Å². The normalized spacial score (nSPS) is 11.4. The molecule has 0 aliphatic heterocycles. The topological polar surface area (TPSA) is 78.9 Å². The summed E-state index contributed by atoms with van der Waals surface area (Å²) in [5.41, 5.74) is 0. The van der Waals surface area contributed by atoms with Gasteiger partial charge in [0.1, 0.15) is 12.5 Å². The zero-order valence-corrected chi connectivity index (χ0v) is 13.5. The first-order valence-electron chi connectivity index (χ1n) is 7.66. The fourth-order valence-corrected chi connectivity index (χ4v) is 1.48. The zero-order chi connectivity index (χ0) is 16.8. The molecule has 126 valence electrons. The predicted molar refractivity (Wildman–Crippen MR) is 81.0 cm³/mol. The van der Waals surface area contributed by atoms with Crippen LogP contribution in [0.25, 0.3) is 0 Å². The largest absolute Gasteiger partial charge is 0.466 e. The van der Waals surface area contributed by atoms with Crippen LogP contribution in [-0.4, -0.2) is 37.7 Å². The molecule has 1 unspecified atom stereocenters. The molecule has 0 radical (unpaired) electrons. The highest BCUT2D eigenvalue weighted by atomic mass is 16.6. The number of unbranched alkanes of at least 4 members (excludes halogenated alkanes) is 2. The van der Waals surface area contributed by atoms with Gasteiger partial charge in [-0.3, -0.25) is 9.59 Å². The van der Waals surface area contributed by atoms with Gasteiger partial charge >= 0.3 is 17.9 Å². The molecule has 6 heteroatoms. The van der Waals surface area contributed by atoms with Gasteiger partial charge in [0.2, 0.25) is 0 Å². The lowest BCUT2D eigenvalue weighted by atomic mass is 10.1. The van der Waals surface area contributed by atoms with Crippen LogP contribution in [0.5, 0.6) is 0 Å². The van der Waals surface area contributed by atoms with Crippen molar-refractivity contribution in [3.8, 4) is 0 Å². The molecule has 0 aliphatic carbocycles. The van der Waals surface area contributed by atoms with E-state index in [1.807, 2.05) is 13.8 Å². The van der Waals surface area contributed by atoms with Crippen LogP contribution in [0.2, 0.25) is 0 Å². The zero-order valence-electron chi connectivity index (χ0n) is 13.5. The van der Waals surface area contributed by atoms with Crippen LogP contribution in [0.1, 0.15) is 46.0 Å². The summed E-state index contributed by atoms with van der Waals surface area (Å²) in [6, 6.07) is 0. The molecule has 0 rings (SSSR count). The van der Waals surface area contributed by atoms with E-state index in [0.29, 0.717) is 6.61 Å². The smallest absolute Gasteiger partial charge is 0.330 e. The van der Waals surface area contributed by atoms with Crippen LogP contribution in [0, 0.1) is 5.92 Å². The van der Waals surface area contributed by atoms with Crippen molar-refractivity contribution >= 4 is 17.9 Å². The minimum atomic E-state index is -0.852. The molecule has 0 amide bonds. The van der Waals surface area contributed by atoms with Crippen LogP contribution in [0.15, 0.2) is 12.7 Å². The van der Waals surface area contributed by atoms with Crippen molar-refractivity contribution in [3.63, 3.8) is 0 Å². The summed E-state index contributed by atoms with van der Waals surface area (Å²) in [7, 11) is 0. The van der Waals surface area contributed by atoms with Crippen molar-refractivity contribution in [1.82, 2.24) is 0 Å². The monoisotopic (exact) mass is 314 g/mol. The number of hydrogen-bond acceptors (Lipinski definition) is 6. The standard InChI is InChI=1S/C16H26O6/c1-4-7-9-20-15(18)11-13(12-22-14(17)6-3)16(19)21-10-8-5-2/h6,13H,3-5,7-12H2,1-2H3. The average molecular weight is 314 g/mol. The van der Waals surface area contributed by atoms with Gasteiger partial charge in [-0.05, 0) is 12.8 Å². The third-order valence-corrected chi connectivity index (χ3v) is 2.84. The molecule has 0 bridgehead atoms. The van der Waals surface area contributed by atoms with Crippen molar-refractivity contribution in [2.75, 3.05) is 19.8 Å². The molecule has 0 saturated carbocycles. The molecule has 0 aromatic heterocycles. The number of carbonyl (C=O) groups is 3. The van der Waals surface area contributed by atoms with Gasteiger partial charge in [0.25, 0.3) is 0 Å². The highest BCUT2D eigenvalue weighted by molar-refractivity contribution is 5.83. The van der Waals surface area contributed by atoms with Gasteiger partial charge in [0.05, 0.1) is 19.6 Å². The van der Waals surface area contributed by atoms with E-state index in [0.717, 1.165) is 31.8 Å². The molecule has 0 heterocycles. The Morgan fingerprint density at radius 1 is 1.00 bits per heavy atom. The van der Waals surface area contributed by atoms with E-state index >= 15 is 0 Å². The third-order valence-electron chi connectivity index (χ3n) is 2.84. The van der Waals surface area contributed by atoms with Crippen LogP contribution >= 0.6 is 0 Å². The Hall–Kier alpha value is -1.85. The number of esters is 3. The molecular weight excluding hydrogens is 288 g/mol. The van der Waals surface area contributed by atoms with Gasteiger partial charge in [-0.2, -0.15) is 0 Å². The molecule has 0 aliphatic rings. The van der Waals surface area contributed by atoms with Crippen LogP contribution in [0.4, 0.5) is 0 Å². The predicted octanol–water partition coefficient (Wildman–Crippen LogP) is 2.41. The number of rotatable bonds is 12. The Bertz CT molecular complexity index is 364. The second-order valence-electron chi connectivity index (χ2n) is 4.83. The number of carbonyl (C=O) groups excluding carboxylic acids is 3. The van der Waals surface area contributed by atoms with Crippen molar-refractivity contribution < 1.29 is 28.6 Å². The first-order chi connectivity index (χ1) is 10.5. The van der Waals surface area contributed by atoms with Crippen molar-refractivity contribution in [3.05, 3.63) is 12.7 Å². The Morgan fingerprint density at radius 3 is 2.14 bits per heavy atom. The lowest BCUT2D eigenvalue weighted by Crippen LogP contribution is -2.27. The SMILES string of the molecule is C=CC(=O)OCC(CC(=O)OCCCC)C(=O)OCCCC. The maximum Gasteiger partial charge on any atom is 0.330 e. The van der Waals surface area contributed by atoms with Crippen LogP contribution in [-0.2, 0) is 28.6 Å². The van der Waals surface area contributed by atoms with Crippen molar-refractivity contribution in [1.29, 1.82) is 0 Å². The summed E-state index contributed by atoms with van der Waals surface area (Å²) in [6.45, 7) is 7.61. The molecule has 0 saturated heterocycles. The van der Waals surface area contributed by atoms with Gasteiger partial charge in [0.15, 0.2) is 0 Å². The lowest BCUT2D eigenvalue weighted by molar-refractivity contribution is -0.159. The maximum absolute atomic E-state index is 11.9. The maximum atomic E-state index is 11.9. The van der Waals surface area contributed by atoms with Gasteiger partial charge in [-0.1, -0.05) is 33.3 Å². The van der Waals surface area contributed by atoms with Gasteiger partial charge in [0, 0.05) is 6.08 Å². The van der Waals surface area contributed by atoms with E-state index in [1.54, 1.807) is 0 Å². The molecule has 0 aromatic rings. The molecule has 1 atom stereocenters. The summed E-state index contributed by atoms with van der Waals surface area (Å²) in [5.74, 6) is -2.56. The Balaban J connectivity index is 4.42. The first-order valence-corrected chi connectivity index (χ1v) is 7.66. The summed E-state index contributed by atoms with van der Waals surface area (Å²) in [5, 5.41) is 0. The minimum Gasteiger partial charge on any atom is -0.466 e. The molecular formula is C16H26O6. The van der Waals surface area contributed by atoms with Gasteiger partial charge in [-0.15, -0.1) is 0 Å². The first kappa shape index (κ1) is 20.1. The number of ether oxygens (including phenoxy) is 3. The van der Waals surface area contributed by atoms with E-state index in [-0.39, 0.29) is 19.6 Å². The highest BCUT2D eigenvalue weighted by Gasteiger charge is 2.25. The molecule has 0 N–H and O–H groups in total. The molecule has 22 heavy (non-hydrogen) atoms. The summed E-state index contributed by atoms with van der Waals surface area (Å²) in [4.78, 5) is 34.7. The Kier molecular flexibility index (Phi) is 11.8. The van der Waals surface area contributed by atoms with Crippen LogP contribution < -0.4 is 0 Å². The molecule has 0 spiro atoms. The highest BCUT2D eigenvalue weighted by Crippen LogP contribution is 2.10. The Labute approximate surface area is 131 Å². The van der Waals surface area contributed by atoms with Crippen LogP contribution in [0.3, 0.4) is 0 Å². The quantitative estimate of drug-likeness (QED) is 0.238. The van der Waals surface area contributed by atoms with E-state index in [9.17, 15) is 14.4 Å². The van der Waals surface area contributed by atoms with E-state index in [2.05, 4.69) is 6.58 Å². The summed E-state index contributed by atoms with van der Waals surface area (Å²) >= 11 is 0. The van der Waals surface area contributed by atoms with Crippen molar-refractivity contribution in [2.24, 2.45) is 5.92 Å². The molecule has 0 aromatic carbocycles. The van der Waals surface area contributed by atoms with E-state index in [4.69, 9.17) is 14.2 Å². The second kappa shape index (κ2) is 12.9. The molecule has 6 nitrogen and oxygen atoms in total. The lowest BCUT2D eigenvalue weighted by Gasteiger charge is -2.15. The fraction of sp³-hybridized carbons (Fsp3) is 0.688. The number of hydrogen-bond donors (Lipinski definition) is 0. The van der Waals surface area contributed by atoms with Crippen molar-refractivity contribution in [2.45, 2.75) is 46.0 Å². The summed E-state index contributed by atoms with van der Waals surface area (Å²) < 4.78 is 14.9. The second-order valence-corrected chi connectivity index (χ2v) is 4.83. The van der Waals surface area contributed by atoms with Gasteiger partial charge in [-0.25, -0.2) is 4.79 Å². The summed E-state index contributed by atoms with van der Waals surface area (Å²) in [6.07, 6.45) is 4.14. The average Bonchev–Trinajstić information content (AvgIpc) is 2.51. The van der Waals surface area contributed by atoms with E-state index in [1.165, 1.54) is 0 Å². The third kappa shape index (κ3) is 9.96. The van der Waals surface area contributed by atoms with Gasteiger partial charge < -0.3 is 14.2 Å². The minimum absolute atomic E-state index is 0.168. The Morgan fingerprint density at radius 2 is 1.59 bits per heavy atom. The fourth-order valence-electron chi connectivity index (χ4n) is 1.48.